The number of hydrogen-bond donors (Lipinski definition) is 1. The lowest BCUT2D eigenvalue weighted by Gasteiger charge is -2.21. The van der Waals surface area contributed by atoms with Gasteiger partial charge in [0, 0.05) is 26.0 Å². The van der Waals surface area contributed by atoms with Crippen molar-refractivity contribution in [1.29, 1.82) is 0 Å². The van der Waals surface area contributed by atoms with Gasteiger partial charge in [-0.15, -0.1) is 0 Å². The number of carbonyl (C=O) groups excluding carboxylic acids is 1. The van der Waals surface area contributed by atoms with Crippen molar-refractivity contribution >= 4 is 44.6 Å². The highest BCUT2D eigenvalue weighted by atomic mass is 32.2. The van der Waals surface area contributed by atoms with E-state index in [9.17, 15) is 13.2 Å². The van der Waals surface area contributed by atoms with Crippen LogP contribution in [-0.4, -0.2) is 44.6 Å². The van der Waals surface area contributed by atoms with Crippen molar-refractivity contribution < 1.29 is 13.2 Å². The highest BCUT2D eigenvalue weighted by Crippen LogP contribution is 2.37. The minimum Gasteiger partial charge on any atom is -0.327 e. The topological polar surface area (TPSA) is 95.5 Å². The Hall–Kier alpha value is -3.46. The average molecular weight is 423 g/mol. The standard InChI is InChI=1S/C21H21N5O3S/c1-25-17-7-5-4-6-16(17)20(27)26(2)18-12-22-21(24-19(18)25)23-15-10-8-14(9-11-15)13-30(3,28)29/h4-12H,13H2,1-3H3,(H,22,23,24). The molecule has 2 aromatic carbocycles. The van der Waals surface area contributed by atoms with E-state index >= 15 is 0 Å². The molecule has 4 rings (SSSR count). The zero-order valence-electron chi connectivity index (χ0n) is 16.8. The molecule has 30 heavy (non-hydrogen) atoms. The molecular formula is C21H21N5O3S. The summed E-state index contributed by atoms with van der Waals surface area (Å²) in [5, 5.41) is 3.13. The van der Waals surface area contributed by atoms with Crippen molar-refractivity contribution in [2.75, 3.05) is 35.5 Å². The summed E-state index contributed by atoms with van der Waals surface area (Å²) in [6.45, 7) is 0. The number of anilines is 5. The third-order valence-electron chi connectivity index (χ3n) is 4.87. The normalized spacial score (nSPS) is 13.5. The Morgan fingerprint density at radius 3 is 2.37 bits per heavy atom. The summed E-state index contributed by atoms with van der Waals surface area (Å²) in [6.07, 6.45) is 2.82. The zero-order valence-corrected chi connectivity index (χ0v) is 17.6. The van der Waals surface area contributed by atoms with Crippen molar-refractivity contribution in [1.82, 2.24) is 9.97 Å². The highest BCUT2D eigenvalue weighted by molar-refractivity contribution is 7.89. The van der Waals surface area contributed by atoms with Crippen molar-refractivity contribution in [3.63, 3.8) is 0 Å². The second-order valence-electron chi connectivity index (χ2n) is 7.23. The number of nitrogens with one attached hydrogen (secondary N) is 1. The first kappa shape index (κ1) is 19.8. The van der Waals surface area contributed by atoms with Gasteiger partial charge in [-0.25, -0.2) is 13.4 Å². The first-order chi connectivity index (χ1) is 14.2. The molecule has 0 saturated heterocycles. The van der Waals surface area contributed by atoms with Crippen molar-refractivity contribution in [2.45, 2.75) is 5.75 Å². The predicted molar refractivity (Wildman–Crippen MR) is 118 cm³/mol. The van der Waals surface area contributed by atoms with Gasteiger partial charge in [-0.05, 0) is 29.8 Å². The number of rotatable bonds is 4. The van der Waals surface area contributed by atoms with Gasteiger partial charge in [0.1, 0.15) is 5.69 Å². The van der Waals surface area contributed by atoms with Crippen LogP contribution >= 0.6 is 0 Å². The van der Waals surface area contributed by atoms with E-state index in [-0.39, 0.29) is 11.7 Å². The molecule has 0 atom stereocenters. The maximum atomic E-state index is 12.8. The fraction of sp³-hybridized carbons (Fsp3) is 0.190. The van der Waals surface area contributed by atoms with E-state index in [4.69, 9.17) is 0 Å². The van der Waals surface area contributed by atoms with Crippen LogP contribution in [0.15, 0.2) is 54.7 Å². The van der Waals surface area contributed by atoms with E-state index in [0.29, 0.717) is 28.6 Å². The number of aromatic nitrogens is 2. The molecule has 0 fully saturated rings. The molecule has 3 aromatic rings. The number of amides is 1. The SMILES string of the molecule is CN1C(=O)c2ccccc2N(C)c2nc(Nc3ccc(CS(C)(=O)=O)cc3)ncc21. The summed E-state index contributed by atoms with van der Waals surface area (Å²) in [5.74, 6) is 0.841. The number of sulfone groups is 1. The molecule has 1 amide bonds. The lowest BCUT2D eigenvalue weighted by Crippen LogP contribution is -2.25. The first-order valence-corrected chi connectivity index (χ1v) is 11.3. The van der Waals surface area contributed by atoms with Crippen LogP contribution < -0.4 is 15.1 Å². The molecule has 1 aliphatic rings. The van der Waals surface area contributed by atoms with Gasteiger partial charge < -0.3 is 15.1 Å². The molecule has 1 aliphatic heterocycles. The number of nitrogens with zero attached hydrogens (tertiary/aromatic N) is 4. The lowest BCUT2D eigenvalue weighted by molar-refractivity contribution is 0.0994. The molecule has 2 heterocycles. The van der Waals surface area contributed by atoms with Gasteiger partial charge in [0.2, 0.25) is 5.95 Å². The molecule has 8 nitrogen and oxygen atoms in total. The third-order valence-corrected chi connectivity index (χ3v) is 5.73. The first-order valence-electron chi connectivity index (χ1n) is 9.24. The average Bonchev–Trinajstić information content (AvgIpc) is 2.79. The van der Waals surface area contributed by atoms with E-state index in [1.54, 1.807) is 48.5 Å². The minimum atomic E-state index is -3.09. The molecule has 1 aromatic heterocycles. The summed E-state index contributed by atoms with van der Waals surface area (Å²) in [4.78, 5) is 25.2. The van der Waals surface area contributed by atoms with Crippen LogP contribution in [0.3, 0.4) is 0 Å². The van der Waals surface area contributed by atoms with Gasteiger partial charge in [-0.1, -0.05) is 24.3 Å². The molecule has 0 bridgehead atoms. The molecular weight excluding hydrogens is 402 g/mol. The van der Waals surface area contributed by atoms with Crippen LogP contribution in [0.2, 0.25) is 0 Å². The van der Waals surface area contributed by atoms with E-state index in [2.05, 4.69) is 15.3 Å². The molecule has 1 N–H and O–H groups in total. The van der Waals surface area contributed by atoms with Gasteiger partial charge in [-0.3, -0.25) is 4.79 Å². The number of carbonyl (C=O) groups is 1. The summed E-state index contributed by atoms with van der Waals surface area (Å²) in [7, 11) is 0.479. The van der Waals surface area contributed by atoms with Gasteiger partial charge in [-0.2, -0.15) is 4.98 Å². The Bertz CT molecular complexity index is 1230. The predicted octanol–water partition coefficient (Wildman–Crippen LogP) is 3.12. The summed E-state index contributed by atoms with van der Waals surface area (Å²) >= 11 is 0. The Kier molecular flexibility index (Phi) is 4.90. The molecule has 0 radical (unpaired) electrons. The third kappa shape index (κ3) is 3.84. The molecule has 9 heteroatoms. The fourth-order valence-corrected chi connectivity index (χ4v) is 4.18. The van der Waals surface area contributed by atoms with Crippen LogP contribution in [0.1, 0.15) is 15.9 Å². The largest absolute Gasteiger partial charge is 0.327 e. The fourth-order valence-electron chi connectivity index (χ4n) is 3.38. The maximum Gasteiger partial charge on any atom is 0.260 e. The van der Waals surface area contributed by atoms with E-state index < -0.39 is 9.84 Å². The van der Waals surface area contributed by atoms with Gasteiger partial charge in [0.05, 0.1) is 23.2 Å². The Morgan fingerprint density at radius 2 is 1.67 bits per heavy atom. The van der Waals surface area contributed by atoms with E-state index in [1.165, 1.54) is 6.26 Å². The second kappa shape index (κ2) is 7.42. The lowest BCUT2D eigenvalue weighted by atomic mass is 10.1. The summed E-state index contributed by atoms with van der Waals surface area (Å²) in [5.41, 5.74) is 3.41. The van der Waals surface area contributed by atoms with Crippen LogP contribution in [0.5, 0.6) is 0 Å². The number of para-hydroxylation sites is 1. The number of benzene rings is 2. The Labute approximate surface area is 175 Å². The van der Waals surface area contributed by atoms with Crippen LogP contribution in [-0.2, 0) is 15.6 Å². The van der Waals surface area contributed by atoms with Gasteiger partial charge in [0.25, 0.3) is 5.91 Å². The Balaban J connectivity index is 1.65. The monoisotopic (exact) mass is 423 g/mol. The van der Waals surface area contributed by atoms with Crippen LogP contribution in [0.25, 0.3) is 0 Å². The minimum absolute atomic E-state index is 0.00675. The molecule has 0 unspecified atom stereocenters. The van der Waals surface area contributed by atoms with Crippen molar-refractivity contribution in [3.8, 4) is 0 Å². The van der Waals surface area contributed by atoms with Crippen molar-refractivity contribution in [2.24, 2.45) is 0 Å². The highest BCUT2D eigenvalue weighted by Gasteiger charge is 2.28. The van der Waals surface area contributed by atoms with Crippen LogP contribution in [0, 0.1) is 0 Å². The number of fused-ring (bicyclic) bond motifs is 2. The smallest absolute Gasteiger partial charge is 0.260 e. The summed E-state index contributed by atoms with van der Waals surface area (Å²) in [6, 6.07) is 14.5. The second-order valence-corrected chi connectivity index (χ2v) is 9.37. The van der Waals surface area contributed by atoms with E-state index in [1.807, 2.05) is 30.1 Å². The van der Waals surface area contributed by atoms with Gasteiger partial charge in [0.15, 0.2) is 15.7 Å². The molecule has 0 spiro atoms. The number of hydrogen-bond acceptors (Lipinski definition) is 7. The molecule has 0 saturated carbocycles. The maximum absolute atomic E-state index is 12.8. The molecule has 154 valence electrons. The quantitative estimate of drug-likeness (QED) is 0.689. The van der Waals surface area contributed by atoms with Gasteiger partial charge >= 0.3 is 0 Å². The Morgan fingerprint density at radius 1 is 0.967 bits per heavy atom. The van der Waals surface area contributed by atoms with Crippen LogP contribution in [0.4, 0.5) is 28.8 Å². The van der Waals surface area contributed by atoms with Crippen molar-refractivity contribution in [3.05, 3.63) is 65.9 Å². The summed E-state index contributed by atoms with van der Waals surface area (Å²) < 4.78 is 22.9. The molecule has 0 aliphatic carbocycles. The zero-order chi connectivity index (χ0) is 21.5. The van der Waals surface area contributed by atoms with E-state index in [0.717, 1.165) is 11.4 Å².